The molecule has 3 nitrogen and oxygen atoms in total. The Morgan fingerprint density at radius 2 is 2.11 bits per heavy atom. The van der Waals surface area contributed by atoms with Gasteiger partial charge in [0.1, 0.15) is 5.01 Å². The third-order valence-electron chi connectivity index (χ3n) is 3.31. The molecular formula is C14H13NO2S. The second-order valence-electron chi connectivity index (χ2n) is 4.53. The molecule has 1 aliphatic rings. The van der Waals surface area contributed by atoms with Gasteiger partial charge in [-0.1, -0.05) is 30.3 Å². The van der Waals surface area contributed by atoms with E-state index < -0.39 is 5.97 Å². The lowest BCUT2D eigenvalue weighted by Gasteiger charge is -2.16. The van der Waals surface area contributed by atoms with Crippen molar-refractivity contribution < 1.29 is 9.90 Å². The highest BCUT2D eigenvalue weighted by Crippen LogP contribution is 2.34. The van der Waals surface area contributed by atoms with Crippen molar-refractivity contribution in [1.29, 1.82) is 0 Å². The molecule has 2 aromatic rings. The molecule has 0 saturated carbocycles. The molecule has 0 spiro atoms. The fourth-order valence-electron chi connectivity index (χ4n) is 2.29. The van der Waals surface area contributed by atoms with Crippen molar-refractivity contribution in [1.82, 2.24) is 4.98 Å². The Kier molecular flexibility index (Phi) is 2.88. The number of rotatable bonds is 2. The van der Waals surface area contributed by atoms with Crippen LogP contribution in [-0.2, 0) is 17.6 Å². The minimum absolute atomic E-state index is 0.235. The van der Waals surface area contributed by atoms with Gasteiger partial charge in [-0.2, -0.15) is 0 Å². The number of carbonyl (C=O) groups is 1. The minimum Gasteiger partial charge on any atom is -0.481 e. The van der Waals surface area contributed by atoms with Crippen molar-refractivity contribution in [2.45, 2.75) is 19.3 Å². The molecule has 18 heavy (non-hydrogen) atoms. The van der Waals surface area contributed by atoms with E-state index in [0.29, 0.717) is 12.8 Å². The predicted molar refractivity (Wildman–Crippen MR) is 70.7 cm³/mol. The highest BCUT2D eigenvalue weighted by molar-refractivity contribution is 7.15. The Balaban J connectivity index is 1.92. The largest absolute Gasteiger partial charge is 0.481 e. The smallest absolute Gasteiger partial charge is 0.306 e. The first-order chi connectivity index (χ1) is 8.74. The van der Waals surface area contributed by atoms with Gasteiger partial charge in [0.25, 0.3) is 0 Å². The lowest BCUT2D eigenvalue weighted by molar-refractivity contribution is -0.142. The summed E-state index contributed by atoms with van der Waals surface area (Å²) in [7, 11) is 0. The SMILES string of the molecule is O=C(O)C1CCc2nc(-c3ccccc3)sc2C1. The van der Waals surface area contributed by atoms with E-state index in [1.807, 2.05) is 30.3 Å². The molecule has 1 aliphatic carbocycles. The van der Waals surface area contributed by atoms with Gasteiger partial charge in [-0.15, -0.1) is 11.3 Å². The monoisotopic (exact) mass is 259 g/mol. The molecule has 1 aromatic carbocycles. The molecule has 3 rings (SSSR count). The molecule has 0 saturated heterocycles. The molecule has 0 amide bonds. The van der Waals surface area contributed by atoms with Crippen LogP contribution in [0.15, 0.2) is 30.3 Å². The number of nitrogens with zero attached hydrogens (tertiary/aromatic N) is 1. The molecule has 4 heteroatoms. The van der Waals surface area contributed by atoms with E-state index in [1.54, 1.807) is 11.3 Å². The van der Waals surface area contributed by atoms with E-state index in [2.05, 4.69) is 4.98 Å². The van der Waals surface area contributed by atoms with Gasteiger partial charge in [0.05, 0.1) is 11.6 Å². The Morgan fingerprint density at radius 3 is 2.83 bits per heavy atom. The van der Waals surface area contributed by atoms with E-state index in [1.165, 1.54) is 0 Å². The van der Waals surface area contributed by atoms with Crippen LogP contribution in [-0.4, -0.2) is 16.1 Å². The first-order valence-electron chi connectivity index (χ1n) is 6.01. The normalized spacial score (nSPS) is 18.3. The number of fused-ring (bicyclic) bond motifs is 1. The molecule has 1 N–H and O–H groups in total. The fourth-order valence-corrected chi connectivity index (χ4v) is 3.48. The van der Waals surface area contributed by atoms with Crippen LogP contribution in [0, 0.1) is 5.92 Å². The number of hydrogen-bond donors (Lipinski definition) is 1. The van der Waals surface area contributed by atoms with Crippen LogP contribution in [0.4, 0.5) is 0 Å². The van der Waals surface area contributed by atoms with Crippen LogP contribution in [0.5, 0.6) is 0 Å². The van der Waals surface area contributed by atoms with Crippen LogP contribution in [0.2, 0.25) is 0 Å². The molecule has 0 radical (unpaired) electrons. The van der Waals surface area contributed by atoms with Crippen LogP contribution in [0.1, 0.15) is 17.0 Å². The summed E-state index contributed by atoms with van der Waals surface area (Å²) in [4.78, 5) is 16.8. The summed E-state index contributed by atoms with van der Waals surface area (Å²) in [6, 6.07) is 10.1. The van der Waals surface area contributed by atoms with Crippen LogP contribution in [0.25, 0.3) is 10.6 Å². The van der Waals surface area contributed by atoms with Crippen molar-refractivity contribution in [3.8, 4) is 10.6 Å². The Morgan fingerprint density at radius 1 is 1.33 bits per heavy atom. The number of aryl methyl sites for hydroxylation is 1. The Hall–Kier alpha value is -1.68. The molecule has 1 aromatic heterocycles. The van der Waals surface area contributed by atoms with Crippen molar-refractivity contribution in [2.75, 3.05) is 0 Å². The van der Waals surface area contributed by atoms with E-state index >= 15 is 0 Å². The molecule has 92 valence electrons. The fraction of sp³-hybridized carbons (Fsp3) is 0.286. The number of benzene rings is 1. The molecule has 0 aliphatic heterocycles. The Labute approximate surface area is 109 Å². The molecule has 1 unspecified atom stereocenters. The average Bonchev–Trinajstić information content (AvgIpc) is 2.82. The zero-order chi connectivity index (χ0) is 12.5. The molecule has 0 fully saturated rings. The maximum absolute atomic E-state index is 11.0. The van der Waals surface area contributed by atoms with E-state index in [4.69, 9.17) is 5.11 Å². The van der Waals surface area contributed by atoms with E-state index in [0.717, 1.165) is 27.6 Å². The average molecular weight is 259 g/mol. The maximum atomic E-state index is 11.0. The summed E-state index contributed by atoms with van der Waals surface area (Å²) in [6.07, 6.45) is 2.13. The molecule has 0 bridgehead atoms. The maximum Gasteiger partial charge on any atom is 0.306 e. The highest BCUT2D eigenvalue weighted by atomic mass is 32.1. The van der Waals surface area contributed by atoms with Crippen molar-refractivity contribution in [3.05, 3.63) is 40.9 Å². The number of aromatic nitrogens is 1. The third kappa shape index (κ3) is 2.04. The standard InChI is InChI=1S/C14H13NO2S/c16-14(17)10-6-7-11-12(8-10)18-13(15-11)9-4-2-1-3-5-9/h1-5,10H,6-8H2,(H,16,17). The van der Waals surface area contributed by atoms with Gasteiger partial charge < -0.3 is 5.11 Å². The summed E-state index contributed by atoms with van der Waals surface area (Å²) < 4.78 is 0. The van der Waals surface area contributed by atoms with Gasteiger partial charge in [-0.3, -0.25) is 4.79 Å². The van der Waals surface area contributed by atoms with E-state index in [-0.39, 0.29) is 5.92 Å². The van der Waals surface area contributed by atoms with Crippen molar-refractivity contribution in [3.63, 3.8) is 0 Å². The number of carboxylic acids is 1. The number of aliphatic carboxylic acids is 1. The predicted octanol–water partition coefficient (Wildman–Crippen LogP) is 3.00. The number of thiazole rings is 1. The zero-order valence-electron chi connectivity index (χ0n) is 9.80. The number of hydrogen-bond acceptors (Lipinski definition) is 3. The van der Waals surface area contributed by atoms with Gasteiger partial charge >= 0.3 is 5.97 Å². The van der Waals surface area contributed by atoms with Crippen molar-refractivity contribution in [2.24, 2.45) is 5.92 Å². The summed E-state index contributed by atoms with van der Waals surface area (Å²) in [5.41, 5.74) is 2.21. The third-order valence-corrected chi connectivity index (χ3v) is 4.48. The summed E-state index contributed by atoms with van der Waals surface area (Å²) in [5.74, 6) is -0.920. The summed E-state index contributed by atoms with van der Waals surface area (Å²) in [5, 5.41) is 10.1. The van der Waals surface area contributed by atoms with E-state index in [9.17, 15) is 4.79 Å². The van der Waals surface area contributed by atoms with Crippen molar-refractivity contribution >= 4 is 17.3 Å². The lowest BCUT2D eigenvalue weighted by Crippen LogP contribution is -2.21. The number of carboxylic acid groups (broad SMARTS) is 1. The van der Waals surface area contributed by atoms with Crippen LogP contribution >= 0.6 is 11.3 Å². The quantitative estimate of drug-likeness (QED) is 0.902. The minimum atomic E-state index is -0.685. The molecule has 1 atom stereocenters. The summed E-state index contributed by atoms with van der Waals surface area (Å²) in [6.45, 7) is 0. The lowest BCUT2D eigenvalue weighted by atomic mass is 9.91. The second kappa shape index (κ2) is 4.53. The van der Waals surface area contributed by atoms with Crippen LogP contribution in [0.3, 0.4) is 0 Å². The van der Waals surface area contributed by atoms with Gasteiger partial charge in [0, 0.05) is 10.4 Å². The first-order valence-corrected chi connectivity index (χ1v) is 6.82. The summed E-state index contributed by atoms with van der Waals surface area (Å²) >= 11 is 1.64. The molecule has 1 heterocycles. The first kappa shape index (κ1) is 11.4. The second-order valence-corrected chi connectivity index (χ2v) is 5.62. The zero-order valence-corrected chi connectivity index (χ0v) is 10.6. The van der Waals surface area contributed by atoms with Crippen LogP contribution < -0.4 is 0 Å². The topological polar surface area (TPSA) is 50.2 Å². The van der Waals surface area contributed by atoms with Gasteiger partial charge in [0.15, 0.2) is 0 Å². The highest BCUT2D eigenvalue weighted by Gasteiger charge is 2.27. The van der Waals surface area contributed by atoms with Gasteiger partial charge in [-0.25, -0.2) is 4.98 Å². The van der Waals surface area contributed by atoms with Gasteiger partial charge in [-0.05, 0) is 19.3 Å². The Bertz CT molecular complexity index is 577. The van der Waals surface area contributed by atoms with Gasteiger partial charge in [0.2, 0.25) is 0 Å². The molecular weight excluding hydrogens is 246 g/mol.